The van der Waals surface area contributed by atoms with Crippen molar-refractivity contribution in [3.63, 3.8) is 0 Å². The molecule has 0 aromatic heterocycles. The predicted octanol–water partition coefficient (Wildman–Crippen LogP) is 3.70. The van der Waals surface area contributed by atoms with Crippen LogP contribution >= 0.6 is 0 Å². The average Bonchev–Trinajstić information content (AvgIpc) is 2.76. The van der Waals surface area contributed by atoms with Crippen molar-refractivity contribution >= 4 is 11.6 Å². The van der Waals surface area contributed by atoms with E-state index < -0.39 is 0 Å². The molecule has 2 rings (SSSR count). The van der Waals surface area contributed by atoms with Gasteiger partial charge in [0.1, 0.15) is 5.75 Å². The minimum Gasteiger partial charge on any atom is -0.497 e. The van der Waals surface area contributed by atoms with E-state index in [1.807, 2.05) is 49.4 Å². The zero-order valence-corrected chi connectivity index (χ0v) is 17.7. The lowest BCUT2D eigenvalue weighted by Crippen LogP contribution is -2.30. The van der Waals surface area contributed by atoms with Crippen LogP contribution in [0.3, 0.4) is 0 Å². The second-order valence-electron chi connectivity index (χ2n) is 6.21. The molecule has 0 saturated carbocycles. The topological polar surface area (TPSA) is 73.3 Å². The van der Waals surface area contributed by atoms with Crippen LogP contribution in [0.15, 0.2) is 47.5 Å². The fraction of sp³-hybridized carbons (Fsp3) is 0.409. The smallest absolute Gasteiger partial charge is 0.195 e. The third-order valence-electron chi connectivity index (χ3n) is 4.13. The number of hydrogen-bond donors (Lipinski definition) is 2. The highest BCUT2D eigenvalue weighted by molar-refractivity contribution is 5.93. The summed E-state index contributed by atoms with van der Waals surface area (Å²) in [5.41, 5.74) is 2.00. The summed E-state index contributed by atoms with van der Waals surface area (Å²) in [5, 5.41) is 6.52. The van der Waals surface area contributed by atoms with Gasteiger partial charge in [0.2, 0.25) is 0 Å². The summed E-state index contributed by atoms with van der Waals surface area (Å²) >= 11 is 0. The lowest BCUT2D eigenvalue weighted by molar-refractivity contribution is 0.120. The van der Waals surface area contributed by atoms with E-state index >= 15 is 0 Å². The van der Waals surface area contributed by atoms with Crippen LogP contribution in [0.4, 0.5) is 5.69 Å². The maximum Gasteiger partial charge on any atom is 0.195 e. The Hall–Kier alpha value is -2.93. The Labute approximate surface area is 173 Å². The molecule has 2 aromatic rings. The van der Waals surface area contributed by atoms with Crippen LogP contribution in [0.2, 0.25) is 0 Å². The quantitative estimate of drug-likeness (QED) is 0.340. The highest BCUT2D eigenvalue weighted by atomic mass is 16.5. The lowest BCUT2D eigenvalue weighted by atomic mass is 10.2. The van der Waals surface area contributed by atoms with Gasteiger partial charge in [0, 0.05) is 31.5 Å². The SMILES string of the molecule is CCNC(=NCCCOCc1ccc(OC)cc1)Nc1ccc(OC)c(OC)c1. The van der Waals surface area contributed by atoms with Crippen molar-refractivity contribution in [2.45, 2.75) is 20.0 Å². The van der Waals surface area contributed by atoms with E-state index in [2.05, 4.69) is 15.6 Å². The van der Waals surface area contributed by atoms with Crippen LogP contribution in [0.5, 0.6) is 17.2 Å². The molecule has 0 saturated heterocycles. The Morgan fingerprint density at radius 1 is 0.931 bits per heavy atom. The molecular formula is C22H31N3O4. The molecule has 0 amide bonds. The summed E-state index contributed by atoms with van der Waals surface area (Å²) in [6.45, 7) is 4.69. The van der Waals surface area contributed by atoms with Gasteiger partial charge in [-0.05, 0) is 43.2 Å². The van der Waals surface area contributed by atoms with E-state index in [-0.39, 0.29) is 0 Å². The Bertz CT molecular complexity index is 763. The molecule has 7 nitrogen and oxygen atoms in total. The molecule has 0 atom stereocenters. The van der Waals surface area contributed by atoms with Crippen molar-refractivity contribution in [3.8, 4) is 17.2 Å². The summed E-state index contributed by atoms with van der Waals surface area (Å²) in [7, 11) is 4.90. The summed E-state index contributed by atoms with van der Waals surface area (Å²) in [5.74, 6) is 2.92. The maximum atomic E-state index is 5.73. The van der Waals surface area contributed by atoms with E-state index in [9.17, 15) is 0 Å². The fourth-order valence-corrected chi connectivity index (χ4v) is 2.63. The minimum atomic E-state index is 0.581. The molecule has 0 heterocycles. The third kappa shape index (κ3) is 7.54. The van der Waals surface area contributed by atoms with Gasteiger partial charge in [-0.25, -0.2) is 0 Å². The van der Waals surface area contributed by atoms with Crippen LogP contribution in [-0.4, -0.2) is 47.0 Å². The Morgan fingerprint density at radius 3 is 2.34 bits per heavy atom. The second-order valence-corrected chi connectivity index (χ2v) is 6.21. The summed E-state index contributed by atoms with van der Waals surface area (Å²) in [4.78, 5) is 4.60. The van der Waals surface area contributed by atoms with Gasteiger partial charge in [-0.3, -0.25) is 4.99 Å². The Kier molecular flexibility index (Phi) is 9.65. The molecule has 2 N–H and O–H groups in total. The number of methoxy groups -OCH3 is 3. The van der Waals surface area contributed by atoms with Crippen molar-refractivity contribution in [1.29, 1.82) is 0 Å². The average molecular weight is 402 g/mol. The van der Waals surface area contributed by atoms with Crippen molar-refractivity contribution in [2.24, 2.45) is 4.99 Å². The molecule has 0 spiro atoms. The number of ether oxygens (including phenoxy) is 4. The zero-order chi connectivity index (χ0) is 20.9. The normalized spacial score (nSPS) is 11.1. The molecule has 0 aliphatic heterocycles. The fourth-order valence-electron chi connectivity index (χ4n) is 2.63. The van der Waals surface area contributed by atoms with Gasteiger partial charge in [-0.1, -0.05) is 12.1 Å². The monoisotopic (exact) mass is 401 g/mol. The van der Waals surface area contributed by atoms with E-state index in [0.29, 0.717) is 31.3 Å². The maximum absolute atomic E-state index is 5.73. The summed E-state index contributed by atoms with van der Waals surface area (Å²) in [6, 6.07) is 13.5. The number of rotatable bonds is 11. The second kappa shape index (κ2) is 12.5. The van der Waals surface area contributed by atoms with E-state index in [1.165, 1.54) is 0 Å². The van der Waals surface area contributed by atoms with Gasteiger partial charge in [0.05, 0.1) is 27.9 Å². The van der Waals surface area contributed by atoms with E-state index in [4.69, 9.17) is 18.9 Å². The number of nitrogens with one attached hydrogen (secondary N) is 2. The Balaban J connectivity index is 1.79. The number of hydrogen-bond acceptors (Lipinski definition) is 5. The van der Waals surface area contributed by atoms with Gasteiger partial charge in [0.25, 0.3) is 0 Å². The molecule has 0 aliphatic carbocycles. The Morgan fingerprint density at radius 2 is 1.69 bits per heavy atom. The van der Waals surface area contributed by atoms with Crippen molar-refractivity contribution in [1.82, 2.24) is 5.32 Å². The van der Waals surface area contributed by atoms with Crippen molar-refractivity contribution in [2.75, 3.05) is 46.3 Å². The summed E-state index contributed by atoms with van der Waals surface area (Å²) in [6.07, 6.45) is 0.832. The van der Waals surface area contributed by atoms with Gasteiger partial charge < -0.3 is 29.6 Å². The number of benzene rings is 2. The van der Waals surface area contributed by atoms with Crippen molar-refractivity contribution < 1.29 is 18.9 Å². The zero-order valence-electron chi connectivity index (χ0n) is 17.7. The van der Waals surface area contributed by atoms with Crippen LogP contribution in [0, 0.1) is 0 Å². The first-order chi connectivity index (χ1) is 14.2. The largest absolute Gasteiger partial charge is 0.497 e. The molecule has 0 bridgehead atoms. The molecule has 0 radical (unpaired) electrons. The lowest BCUT2D eigenvalue weighted by Gasteiger charge is -2.14. The first-order valence-electron chi connectivity index (χ1n) is 9.68. The van der Waals surface area contributed by atoms with Crippen LogP contribution in [-0.2, 0) is 11.3 Å². The number of aliphatic imine (C=N–C) groups is 1. The molecule has 7 heteroatoms. The summed E-state index contributed by atoms with van der Waals surface area (Å²) < 4.78 is 21.5. The van der Waals surface area contributed by atoms with Crippen LogP contribution in [0.1, 0.15) is 18.9 Å². The van der Waals surface area contributed by atoms with Gasteiger partial charge in [-0.2, -0.15) is 0 Å². The first-order valence-corrected chi connectivity index (χ1v) is 9.68. The van der Waals surface area contributed by atoms with Crippen LogP contribution in [0.25, 0.3) is 0 Å². The molecule has 0 unspecified atom stereocenters. The molecule has 29 heavy (non-hydrogen) atoms. The highest BCUT2D eigenvalue weighted by Gasteiger charge is 2.06. The molecular weight excluding hydrogens is 370 g/mol. The minimum absolute atomic E-state index is 0.581. The van der Waals surface area contributed by atoms with Gasteiger partial charge in [-0.15, -0.1) is 0 Å². The molecule has 2 aromatic carbocycles. The van der Waals surface area contributed by atoms with E-state index in [1.54, 1.807) is 21.3 Å². The standard InChI is InChI=1S/C22H31N3O4/c1-5-23-22(25-18-9-12-20(27-3)21(15-18)28-4)24-13-6-14-29-16-17-7-10-19(26-2)11-8-17/h7-12,15H,5-6,13-14,16H2,1-4H3,(H2,23,24,25). The predicted molar refractivity (Wildman–Crippen MR) is 116 cm³/mol. The number of nitrogens with zero attached hydrogens (tertiary/aromatic N) is 1. The first kappa shape index (κ1) is 22.4. The molecule has 158 valence electrons. The van der Waals surface area contributed by atoms with Crippen LogP contribution < -0.4 is 24.8 Å². The molecule has 0 fully saturated rings. The number of guanidine groups is 1. The molecule has 0 aliphatic rings. The third-order valence-corrected chi connectivity index (χ3v) is 4.13. The number of anilines is 1. The van der Waals surface area contributed by atoms with Gasteiger partial charge >= 0.3 is 0 Å². The van der Waals surface area contributed by atoms with Crippen molar-refractivity contribution in [3.05, 3.63) is 48.0 Å². The highest BCUT2D eigenvalue weighted by Crippen LogP contribution is 2.29. The van der Waals surface area contributed by atoms with Gasteiger partial charge in [0.15, 0.2) is 17.5 Å². The van der Waals surface area contributed by atoms with E-state index in [0.717, 1.165) is 35.9 Å².